The highest BCUT2D eigenvalue weighted by Crippen LogP contribution is 2.47. The monoisotopic (exact) mass is 154 g/mol. The summed E-state index contributed by atoms with van der Waals surface area (Å²) in [5.41, 5.74) is 0.564. The zero-order chi connectivity index (χ0) is 7.90. The van der Waals surface area contributed by atoms with E-state index >= 15 is 0 Å². The summed E-state index contributed by atoms with van der Waals surface area (Å²) >= 11 is 0. The predicted octanol–water partition coefficient (Wildman–Crippen LogP) is 2.60. The van der Waals surface area contributed by atoms with Crippen molar-refractivity contribution in [2.45, 2.75) is 45.6 Å². The second kappa shape index (κ2) is 2.48. The van der Waals surface area contributed by atoms with E-state index in [1.807, 2.05) is 0 Å². The summed E-state index contributed by atoms with van der Waals surface area (Å²) in [6, 6.07) is 0. The van der Waals surface area contributed by atoms with Gasteiger partial charge in [-0.05, 0) is 37.0 Å². The molecule has 11 heavy (non-hydrogen) atoms. The largest absolute Gasteiger partial charge is 0.378 e. The van der Waals surface area contributed by atoms with Gasteiger partial charge >= 0.3 is 0 Å². The number of hydrogen-bond acceptors (Lipinski definition) is 1. The normalized spacial score (nSPS) is 43.4. The van der Waals surface area contributed by atoms with E-state index in [-0.39, 0.29) is 0 Å². The zero-order valence-electron chi connectivity index (χ0n) is 7.60. The van der Waals surface area contributed by atoms with E-state index in [9.17, 15) is 0 Å². The van der Waals surface area contributed by atoms with Crippen LogP contribution in [0.5, 0.6) is 0 Å². The lowest BCUT2D eigenvalue weighted by Gasteiger charge is -2.49. The third-order valence-corrected chi connectivity index (χ3v) is 3.76. The van der Waals surface area contributed by atoms with E-state index in [4.69, 9.17) is 4.74 Å². The van der Waals surface area contributed by atoms with Crippen LogP contribution in [0.25, 0.3) is 0 Å². The third-order valence-electron chi connectivity index (χ3n) is 3.76. The van der Waals surface area contributed by atoms with Crippen LogP contribution in [0.2, 0.25) is 0 Å². The first kappa shape index (κ1) is 7.60. The molecule has 3 aliphatic rings. The fourth-order valence-electron chi connectivity index (χ4n) is 2.51. The summed E-state index contributed by atoms with van der Waals surface area (Å²) in [6.45, 7) is 5.72. The molecule has 0 radical (unpaired) electrons. The van der Waals surface area contributed by atoms with Crippen molar-refractivity contribution in [3.05, 3.63) is 0 Å². The standard InChI is InChI=1S/C10H18O/c1-8(2)10-5-3-9(4-6-10)11-7-10/h8-9H,3-7H2,1-2H3. The highest BCUT2D eigenvalue weighted by atomic mass is 16.5. The van der Waals surface area contributed by atoms with E-state index in [0.29, 0.717) is 11.5 Å². The molecule has 0 aromatic heterocycles. The van der Waals surface area contributed by atoms with Crippen molar-refractivity contribution in [2.75, 3.05) is 6.61 Å². The van der Waals surface area contributed by atoms with Crippen LogP contribution in [-0.4, -0.2) is 12.7 Å². The zero-order valence-corrected chi connectivity index (χ0v) is 7.60. The summed E-state index contributed by atoms with van der Waals surface area (Å²) in [4.78, 5) is 0. The molecular formula is C10H18O. The lowest BCUT2D eigenvalue weighted by atomic mass is 9.65. The first-order chi connectivity index (χ1) is 5.23. The van der Waals surface area contributed by atoms with Crippen LogP contribution < -0.4 is 0 Å². The minimum Gasteiger partial charge on any atom is -0.378 e. The van der Waals surface area contributed by atoms with Crippen molar-refractivity contribution in [1.29, 1.82) is 0 Å². The minimum absolute atomic E-state index is 0.564. The summed E-state index contributed by atoms with van der Waals surface area (Å²) < 4.78 is 5.74. The van der Waals surface area contributed by atoms with Gasteiger partial charge in [0.25, 0.3) is 0 Å². The molecule has 1 aliphatic carbocycles. The number of hydrogen-bond donors (Lipinski definition) is 0. The molecule has 3 fully saturated rings. The van der Waals surface area contributed by atoms with Crippen molar-refractivity contribution in [3.63, 3.8) is 0 Å². The second-order valence-corrected chi connectivity index (χ2v) is 4.53. The maximum absolute atomic E-state index is 5.74. The molecule has 0 atom stereocenters. The van der Waals surface area contributed by atoms with Crippen molar-refractivity contribution in [3.8, 4) is 0 Å². The molecule has 2 aliphatic heterocycles. The van der Waals surface area contributed by atoms with Gasteiger partial charge < -0.3 is 4.74 Å². The molecule has 0 spiro atoms. The smallest absolute Gasteiger partial charge is 0.0575 e. The topological polar surface area (TPSA) is 9.23 Å². The average molecular weight is 154 g/mol. The van der Waals surface area contributed by atoms with Crippen LogP contribution >= 0.6 is 0 Å². The van der Waals surface area contributed by atoms with Gasteiger partial charge in [0.05, 0.1) is 12.7 Å². The van der Waals surface area contributed by atoms with Gasteiger partial charge in [-0.2, -0.15) is 0 Å². The van der Waals surface area contributed by atoms with Crippen LogP contribution in [0.1, 0.15) is 39.5 Å². The van der Waals surface area contributed by atoms with Gasteiger partial charge in [0.1, 0.15) is 0 Å². The summed E-state index contributed by atoms with van der Waals surface area (Å²) in [5, 5.41) is 0. The van der Waals surface area contributed by atoms with E-state index in [0.717, 1.165) is 12.5 Å². The molecule has 0 aromatic rings. The molecule has 0 amide bonds. The van der Waals surface area contributed by atoms with Gasteiger partial charge in [0, 0.05) is 0 Å². The van der Waals surface area contributed by atoms with E-state index in [1.54, 1.807) is 0 Å². The molecule has 2 saturated heterocycles. The second-order valence-electron chi connectivity index (χ2n) is 4.53. The summed E-state index contributed by atoms with van der Waals surface area (Å²) in [5.74, 6) is 0.809. The van der Waals surface area contributed by atoms with Gasteiger partial charge in [-0.15, -0.1) is 0 Å². The Hall–Kier alpha value is -0.0400. The molecule has 0 unspecified atom stereocenters. The molecule has 0 aromatic carbocycles. The van der Waals surface area contributed by atoms with Gasteiger partial charge in [0.2, 0.25) is 0 Å². The first-order valence-electron chi connectivity index (χ1n) is 4.84. The van der Waals surface area contributed by atoms with Crippen LogP contribution in [0.15, 0.2) is 0 Å². The van der Waals surface area contributed by atoms with Gasteiger partial charge in [0.15, 0.2) is 0 Å². The molecule has 1 saturated carbocycles. The molecule has 2 heterocycles. The fraction of sp³-hybridized carbons (Fsp3) is 1.00. The Morgan fingerprint density at radius 2 is 1.91 bits per heavy atom. The van der Waals surface area contributed by atoms with Crippen LogP contribution in [0.4, 0.5) is 0 Å². The summed E-state index contributed by atoms with van der Waals surface area (Å²) in [6.07, 6.45) is 6.08. The van der Waals surface area contributed by atoms with Gasteiger partial charge in [-0.1, -0.05) is 13.8 Å². The van der Waals surface area contributed by atoms with Crippen molar-refractivity contribution < 1.29 is 4.74 Å². The molecule has 1 heteroatoms. The highest BCUT2D eigenvalue weighted by Gasteiger charge is 2.43. The molecule has 2 bridgehead atoms. The lowest BCUT2D eigenvalue weighted by molar-refractivity contribution is -0.133. The Morgan fingerprint density at radius 1 is 1.27 bits per heavy atom. The Balaban J connectivity index is 2.12. The maximum Gasteiger partial charge on any atom is 0.0575 e. The third kappa shape index (κ3) is 1.10. The Kier molecular flexibility index (Phi) is 1.71. The van der Waals surface area contributed by atoms with Crippen LogP contribution in [0, 0.1) is 11.3 Å². The van der Waals surface area contributed by atoms with Crippen molar-refractivity contribution >= 4 is 0 Å². The number of ether oxygens (including phenoxy) is 1. The Morgan fingerprint density at radius 3 is 2.18 bits per heavy atom. The SMILES string of the molecule is CC(C)C12CCC(CC1)OC2. The van der Waals surface area contributed by atoms with Crippen molar-refractivity contribution in [2.24, 2.45) is 11.3 Å². The van der Waals surface area contributed by atoms with E-state index in [2.05, 4.69) is 13.8 Å². The maximum atomic E-state index is 5.74. The van der Waals surface area contributed by atoms with Gasteiger partial charge in [-0.3, -0.25) is 0 Å². The Bertz CT molecular complexity index is 129. The number of fused-ring (bicyclic) bond motifs is 3. The van der Waals surface area contributed by atoms with Crippen molar-refractivity contribution in [1.82, 2.24) is 0 Å². The molecule has 1 nitrogen and oxygen atoms in total. The lowest BCUT2D eigenvalue weighted by Crippen LogP contribution is -2.45. The molecule has 3 rings (SSSR count). The quantitative estimate of drug-likeness (QED) is 0.564. The van der Waals surface area contributed by atoms with E-state index < -0.39 is 0 Å². The highest BCUT2D eigenvalue weighted by molar-refractivity contribution is 4.92. The van der Waals surface area contributed by atoms with Crippen LogP contribution in [-0.2, 0) is 4.74 Å². The number of rotatable bonds is 1. The fourth-order valence-corrected chi connectivity index (χ4v) is 2.51. The van der Waals surface area contributed by atoms with Crippen LogP contribution in [0.3, 0.4) is 0 Å². The van der Waals surface area contributed by atoms with E-state index in [1.165, 1.54) is 25.7 Å². The molecule has 0 N–H and O–H groups in total. The molecular weight excluding hydrogens is 136 g/mol. The van der Waals surface area contributed by atoms with Gasteiger partial charge in [-0.25, -0.2) is 0 Å². The molecule has 64 valence electrons. The Labute approximate surface area is 69.1 Å². The minimum atomic E-state index is 0.564. The summed E-state index contributed by atoms with van der Waals surface area (Å²) in [7, 11) is 0. The first-order valence-corrected chi connectivity index (χ1v) is 4.84. The average Bonchev–Trinajstić information content (AvgIpc) is 2.08. The predicted molar refractivity (Wildman–Crippen MR) is 45.5 cm³/mol.